The Morgan fingerprint density at radius 1 is 1.08 bits per heavy atom. The third-order valence-corrected chi connectivity index (χ3v) is 2.37. The van der Waals surface area contributed by atoms with Crippen molar-refractivity contribution >= 4 is 0 Å². The van der Waals surface area contributed by atoms with Crippen molar-refractivity contribution in [3.63, 3.8) is 0 Å². The van der Waals surface area contributed by atoms with Crippen LogP contribution >= 0.6 is 0 Å². The molecule has 0 aliphatic carbocycles. The second-order valence-corrected chi connectivity index (χ2v) is 4.19. The average molecular weight is 171 g/mol. The molecule has 0 aliphatic rings. The van der Waals surface area contributed by atoms with Gasteiger partial charge in [-0.25, -0.2) is 0 Å². The highest BCUT2D eigenvalue weighted by Crippen LogP contribution is 2.12. The molecule has 0 radical (unpaired) electrons. The zero-order chi connectivity index (χ0) is 9.40. The molecule has 12 heavy (non-hydrogen) atoms. The molecule has 0 saturated heterocycles. The van der Waals surface area contributed by atoms with E-state index >= 15 is 0 Å². The van der Waals surface area contributed by atoms with Crippen LogP contribution in [0.5, 0.6) is 0 Å². The highest BCUT2D eigenvalue weighted by Gasteiger charge is 2.01. The monoisotopic (exact) mass is 171 g/mol. The van der Waals surface area contributed by atoms with Gasteiger partial charge in [0.05, 0.1) is 0 Å². The predicted octanol–water partition coefficient (Wildman–Crippen LogP) is 3.15. The molecule has 0 aliphatic heterocycles. The molecule has 0 spiro atoms. The number of rotatable bonds is 7. The van der Waals surface area contributed by atoms with Gasteiger partial charge in [-0.05, 0) is 33.0 Å². The molecule has 1 atom stereocenters. The Hall–Kier alpha value is -0.0400. The van der Waals surface area contributed by atoms with Crippen molar-refractivity contribution in [2.45, 2.75) is 46.0 Å². The number of nitrogens with zero attached hydrogens (tertiary/aromatic N) is 1. The zero-order valence-corrected chi connectivity index (χ0v) is 9.27. The molecule has 0 aromatic heterocycles. The van der Waals surface area contributed by atoms with E-state index in [9.17, 15) is 0 Å². The summed E-state index contributed by atoms with van der Waals surface area (Å²) in [5, 5.41) is 0. The molecular formula is C11H25N. The van der Waals surface area contributed by atoms with Gasteiger partial charge < -0.3 is 4.90 Å². The molecule has 0 amide bonds. The zero-order valence-electron chi connectivity index (χ0n) is 9.27. The molecule has 74 valence electrons. The maximum Gasteiger partial charge on any atom is -0.00223 e. The van der Waals surface area contributed by atoms with E-state index in [1.54, 1.807) is 0 Å². The quantitative estimate of drug-likeness (QED) is 0.532. The molecule has 1 heteroatoms. The van der Waals surface area contributed by atoms with Gasteiger partial charge in [-0.3, -0.25) is 0 Å². The predicted molar refractivity (Wildman–Crippen MR) is 56.5 cm³/mol. The minimum absolute atomic E-state index is 0.916. The molecule has 0 heterocycles. The van der Waals surface area contributed by atoms with Gasteiger partial charge in [-0.2, -0.15) is 0 Å². The first-order valence-electron chi connectivity index (χ1n) is 5.31. The lowest BCUT2D eigenvalue weighted by Gasteiger charge is -2.14. The van der Waals surface area contributed by atoms with Crippen molar-refractivity contribution in [2.75, 3.05) is 20.6 Å². The van der Waals surface area contributed by atoms with Gasteiger partial charge in [0.1, 0.15) is 0 Å². The number of unbranched alkanes of at least 4 members (excludes halogenated alkanes) is 2. The van der Waals surface area contributed by atoms with E-state index in [0.717, 1.165) is 5.92 Å². The van der Waals surface area contributed by atoms with E-state index in [0.29, 0.717) is 0 Å². The van der Waals surface area contributed by atoms with Crippen LogP contribution in [0.15, 0.2) is 0 Å². The largest absolute Gasteiger partial charge is 0.309 e. The highest BCUT2D eigenvalue weighted by atomic mass is 15.0. The molecular weight excluding hydrogens is 146 g/mol. The summed E-state index contributed by atoms with van der Waals surface area (Å²) in [6.45, 7) is 5.89. The van der Waals surface area contributed by atoms with Crippen LogP contribution in [-0.2, 0) is 0 Å². The molecule has 0 rings (SSSR count). The van der Waals surface area contributed by atoms with Crippen molar-refractivity contribution in [1.29, 1.82) is 0 Å². The van der Waals surface area contributed by atoms with Crippen LogP contribution < -0.4 is 0 Å². The van der Waals surface area contributed by atoms with Crippen LogP contribution in [0.2, 0.25) is 0 Å². The van der Waals surface area contributed by atoms with Crippen molar-refractivity contribution in [2.24, 2.45) is 5.92 Å². The highest BCUT2D eigenvalue weighted by molar-refractivity contribution is 4.55. The molecule has 0 bridgehead atoms. The van der Waals surface area contributed by atoms with Gasteiger partial charge in [-0.15, -0.1) is 0 Å². The van der Waals surface area contributed by atoms with E-state index < -0.39 is 0 Å². The summed E-state index contributed by atoms with van der Waals surface area (Å²) in [6.07, 6.45) is 6.95. The number of hydrogen-bond acceptors (Lipinski definition) is 1. The molecule has 1 unspecified atom stereocenters. The molecule has 1 nitrogen and oxygen atoms in total. The summed E-state index contributed by atoms with van der Waals surface area (Å²) in [7, 11) is 4.30. The second kappa shape index (κ2) is 7.60. The SMILES string of the molecule is CCCCCC(C)CCN(C)C. The topological polar surface area (TPSA) is 3.24 Å². The van der Waals surface area contributed by atoms with Crippen LogP contribution in [-0.4, -0.2) is 25.5 Å². The fourth-order valence-corrected chi connectivity index (χ4v) is 1.37. The molecule has 0 N–H and O–H groups in total. The molecule has 0 aromatic rings. The van der Waals surface area contributed by atoms with Gasteiger partial charge in [0.2, 0.25) is 0 Å². The van der Waals surface area contributed by atoms with E-state index in [4.69, 9.17) is 0 Å². The molecule has 0 aromatic carbocycles. The van der Waals surface area contributed by atoms with Gasteiger partial charge in [0.15, 0.2) is 0 Å². The van der Waals surface area contributed by atoms with Crippen molar-refractivity contribution in [3.8, 4) is 0 Å². The van der Waals surface area contributed by atoms with Crippen molar-refractivity contribution in [1.82, 2.24) is 4.90 Å². The third kappa shape index (κ3) is 8.06. The maximum absolute atomic E-state index is 2.37. The Bertz CT molecular complexity index is 89.0. The van der Waals surface area contributed by atoms with Crippen molar-refractivity contribution < 1.29 is 0 Å². The lowest BCUT2D eigenvalue weighted by molar-refractivity contribution is 0.346. The van der Waals surface area contributed by atoms with E-state index in [-0.39, 0.29) is 0 Å². The first-order chi connectivity index (χ1) is 5.66. The first-order valence-corrected chi connectivity index (χ1v) is 5.31. The normalized spacial score (nSPS) is 13.8. The minimum atomic E-state index is 0.916. The Labute approximate surface area is 78.1 Å². The van der Waals surface area contributed by atoms with Crippen molar-refractivity contribution in [3.05, 3.63) is 0 Å². The Morgan fingerprint density at radius 2 is 1.75 bits per heavy atom. The average Bonchev–Trinajstić information content (AvgIpc) is 2.01. The Kier molecular flexibility index (Phi) is 7.58. The third-order valence-electron chi connectivity index (χ3n) is 2.37. The first kappa shape index (κ1) is 12.0. The lowest BCUT2D eigenvalue weighted by atomic mass is 10.00. The summed E-state index contributed by atoms with van der Waals surface area (Å²) in [5.41, 5.74) is 0. The molecule has 0 fully saturated rings. The summed E-state index contributed by atoms with van der Waals surface area (Å²) < 4.78 is 0. The maximum atomic E-state index is 2.37. The smallest absolute Gasteiger partial charge is 0.00223 e. The Morgan fingerprint density at radius 3 is 2.25 bits per heavy atom. The van der Waals surface area contributed by atoms with Crippen LogP contribution in [0, 0.1) is 5.92 Å². The Balaban J connectivity index is 3.15. The van der Waals surface area contributed by atoms with Gasteiger partial charge >= 0.3 is 0 Å². The van der Waals surface area contributed by atoms with Gasteiger partial charge in [0, 0.05) is 0 Å². The summed E-state index contributed by atoms with van der Waals surface area (Å²) in [5.74, 6) is 0.916. The summed E-state index contributed by atoms with van der Waals surface area (Å²) in [4.78, 5) is 2.27. The standard InChI is InChI=1S/C11H25N/c1-5-6-7-8-11(2)9-10-12(3)4/h11H,5-10H2,1-4H3. The molecule has 0 saturated carbocycles. The lowest BCUT2D eigenvalue weighted by Crippen LogP contribution is -2.15. The van der Waals surface area contributed by atoms with E-state index in [2.05, 4.69) is 32.8 Å². The van der Waals surface area contributed by atoms with Crippen LogP contribution in [0.3, 0.4) is 0 Å². The summed E-state index contributed by atoms with van der Waals surface area (Å²) >= 11 is 0. The van der Waals surface area contributed by atoms with Crippen LogP contribution in [0.4, 0.5) is 0 Å². The number of hydrogen-bond donors (Lipinski definition) is 0. The second-order valence-electron chi connectivity index (χ2n) is 4.19. The summed E-state index contributed by atoms with van der Waals surface area (Å²) in [6, 6.07) is 0. The van der Waals surface area contributed by atoms with Gasteiger partial charge in [0.25, 0.3) is 0 Å². The van der Waals surface area contributed by atoms with E-state index in [1.807, 2.05) is 0 Å². The van der Waals surface area contributed by atoms with Crippen LogP contribution in [0.1, 0.15) is 46.0 Å². The fourth-order valence-electron chi connectivity index (χ4n) is 1.37. The fraction of sp³-hybridized carbons (Fsp3) is 1.00. The van der Waals surface area contributed by atoms with Crippen LogP contribution in [0.25, 0.3) is 0 Å². The van der Waals surface area contributed by atoms with E-state index in [1.165, 1.54) is 38.6 Å². The van der Waals surface area contributed by atoms with Gasteiger partial charge in [-0.1, -0.05) is 39.5 Å². The minimum Gasteiger partial charge on any atom is -0.309 e.